The first-order chi connectivity index (χ1) is 21.2. The molecular formula is C43H58ClF3. The lowest BCUT2D eigenvalue weighted by Gasteiger charge is -2.20. The van der Waals surface area contributed by atoms with Crippen LogP contribution in [0.5, 0.6) is 0 Å². The Morgan fingerprint density at radius 2 is 0.766 bits per heavy atom. The summed E-state index contributed by atoms with van der Waals surface area (Å²) in [5, 5.41) is 0.850. The Balaban J connectivity index is 0.000000316. The van der Waals surface area contributed by atoms with Crippen LogP contribution in [0.1, 0.15) is 122 Å². The van der Waals surface area contributed by atoms with Gasteiger partial charge in [0.15, 0.2) is 0 Å². The number of halogens is 4. The van der Waals surface area contributed by atoms with Gasteiger partial charge in [0.05, 0.1) is 5.56 Å². The van der Waals surface area contributed by atoms with Crippen LogP contribution < -0.4 is 0 Å². The summed E-state index contributed by atoms with van der Waals surface area (Å²) in [7, 11) is 0. The number of aryl methyl sites for hydroxylation is 2. The molecule has 0 bridgehead atoms. The molecule has 0 unspecified atom stereocenters. The molecule has 47 heavy (non-hydrogen) atoms. The molecule has 0 saturated carbocycles. The van der Waals surface area contributed by atoms with Crippen LogP contribution in [0.2, 0.25) is 5.02 Å². The molecule has 0 aliphatic heterocycles. The highest BCUT2D eigenvalue weighted by atomic mass is 35.5. The van der Waals surface area contributed by atoms with E-state index in [0.29, 0.717) is 11.0 Å². The van der Waals surface area contributed by atoms with E-state index in [1.807, 2.05) is 33.8 Å². The third-order valence-corrected chi connectivity index (χ3v) is 8.06. The average Bonchev–Trinajstić information content (AvgIpc) is 2.94. The van der Waals surface area contributed by atoms with Crippen molar-refractivity contribution in [3.63, 3.8) is 0 Å². The Bertz CT molecular complexity index is 1460. The minimum atomic E-state index is -4.25. The molecule has 258 valence electrons. The van der Waals surface area contributed by atoms with Gasteiger partial charge >= 0.3 is 6.18 Å². The molecule has 0 amide bonds. The Hall–Kier alpha value is -3.04. The van der Waals surface area contributed by atoms with Gasteiger partial charge in [-0.1, -0.05) is 185 Å². The average molecular weight is 667 g/mol. The third-order valence-electron chi connectivity index (χ3n) is 7.64. The lowest BCUT2D eigenvalue weighted by Crippen LogP contribution is -2.13. The smallest absolute Gasteiger partial charge is 0.166 e. The second-order valence-corrected chi connectivity index (χ2v) is 16.7. The molecule has 0 atom stereocenters. The second-order valence-electron chi connectivity index (χ2n) is 16.3. The standard InChI is InChI=1S/C11H15Cl.C11H13F3.C11H16.C10H14/c1-8-7-9(11(2,3)4)5-6-10(8)12;1-10(2,3)8-5-4-6-9(7-8)11(12,13)14;1-9-5-7-10(8-6-9)11(2,3)4;1-10(2,3)9-7-5-4-6-8-9/h5-7H,1-4H3;4-7H,1-3H3;5-8H,1-4H3;4-8H,1-3H3. The predicted octanol–water partition coefficient (Wildman–Crippen LogP) is 14.2. The molecule has 4 heteroatoms. The Morgan fingerprint density at radius 1 is 0.404 bits per heavy atom. The van der Waals surface area contributed by atoms with Crippen LogP contribution in [0.15, 0.2) is 97.1 Å². The Morgan fingerprint density at radius 3 is 1.15 bits per heavy atom. The van der Waals surface area contributed by atoms with Gasteiger partial charge in [0, 0.05) is 5.02 Å². The summed E-state index contributed by atoms with van der Waals surface area (Å²) in [5.41, 5.74) is 7.30. The Labute approximate surface area is 289 Å². The van der Waals surface area contributed by atoms with Gasteiger partial charge in [-0.2, -0.15) is 13.2 Å². The Kier molecular flexibility index (Phi) is 15.1. The number of benzene rings is 4. The monoisotopic (exact) mass is 666 g/mol. The SMILES string of the molecule is CC(C)(C)c1cccc(C(F)(F)F)c1.CC(C)(C)c1ccccc1.Cc1cc(C(C)(C)C)ccc1Cl.Cc1ccc(C(C)(C)C)cc1. The highest BCUT2D eigenvalue weighted by molar-refractivity contribution is 6.31. The van der Waals surface area contributed by atoms with Crippen LogP contribution in [-0.2, 0) is 27.8 Å². The number of alkyl halides is 3. The summed E-state index contributed by atoms with van der Waals surface area (Å²) in [6, 6.07) is 31.0. The van der Waals surface area contributed by atoms with Crippen molar-refractivity contribution in [3.05, 3.63) is 141 Å². The molecule has 0 fully saturated rings. The van der Waals surface area contributed by atoms with Gasteiger partial charge in [-0.25, -0.2) is 0 Å². The summed E-state index contributed by atoms with van der Waals surface area (Å²) in [6.07, 6.45) is -4.25. The van der Waals surface area contributed by atoms with Crippen LogP contribution in [-0.4, -0.2) is 0 Å². The number of rotatable bonds is 0. The highest BCUT2D eigenvalue weighted by Crippen LogP contribution is 2.32. The number of hydrogen-bond acceptors (Lipinski definition) is 0. The van der Waals surface area contributed by atoms with Gasteiger partial charge in [0.25, 0.3) is 0 Å². The minimum Gasteiger partial charge on any atom is -0.166 e. The van der Waals surface area contributed by atoms with E-state index in [2.05, 4.69) is 136 Å². The van der Waals surface area contributed by atoms with Gasteiger partial charge in [0.1, 0.15) is 0 Å². The first-order valence-corrected chi connectivity index (χ1v) is 16.7. The van der Waals surface area contributed by atoms with Crippen molar-refractivity contribution >= 4 is 11.6 Å². The fourth-order valence-corrected chi connectivity index (χ4v) is 4.38. The van der Waals surface area contributed by atoms with Gasteiger partial charge in [0.2, 0.25) is 0 Å². The summed E-state index contributed by atoms with van der Waals surface area (Å²) in [4.78, 5) is 0. The first kappa shape index (κ1) is 42.0. The van der Waals surface area contributed by atoms with Crippen LogP contribution in [0.3, 0.4) is 0 Å². The van der Waals surface area contributed by atoms with Crippen molar-refractivity contribution in [1.29, 1.82) is 0 Å². The molecule has 0 N–H and O–H groups in total. The summed E-state index contributed by atoms with van der Waals surface area (Å²) >= 11 is 5.93. The third kappa shape index (κ3) is 15.6. The van der Waals surface area contributed by atoms with E-state index in [4.69, 9.17) is 11.6 Å². The molecule has 0 aromatic heterocycles. The van der Waals surface area contributed by atoms with Crippen LogP contribution in [0.25, 0.3) is 0 Å². The van der Waals surface area contributed by atoms with Crippen LogP contribution >= 0.6 is 11.6 Å². The predicted molar refractivity (Wildman–Crippen MR) is 200 cm³/mol. The maximum absolute atomic E-state index is 12.4. The van der Waals surface area contributed by atoms with Gasteiger partial charge in [-0.3, -0.25) is 0 Å². The number of hydrogen-bond donors (Lipinski definition) is 0. The minimum absolute atomic E-state index is 0.218. The molecule has 4 rings (SSSR count). The van der Waals surface area contributed by atoms with E-state index in [1.54, 1.807) is 6.07 Å². The fraction of sp³-hybridized carbons (Fsp3) is 0.442. The van der Waals surface area contributed by atoms with E-state index in [-0.39, 0.29) is 16.2 Å². The van der Waals surface area contributed by atoms with E-state index in [9.17, 15) is 13.2 Å². The van der Waals surface area contributed by atoms with Crippen LogP contribution in [0.4, 0.5) is 13.2 Å². The summed E-state index contributed by atoms with van der Waals surface area (Å²) < 4.78 is 37.1. The van der Waals surface area contributed by atoms with Crippen molar-refractivity contribution in [2.75, 3.05) is 0 Å². The molecule has 4 aromatic rings. The summed E-state index contributed by atoms with van der Waals surface area (Å²) in [6.45, 7) is 29.8. The lowest BCUT2D eigenvalue weighted by molar-refractivity contribution is -0.137. The topological polar surface area (TPSA) is 0 Å². The van der Waals surface area contributed by atoms with E-state index in [1.165, 1.54) is 34.4 Å². The summed E-state index contributed by atoms with van der Waals surface area (Å²) in [5.74, 6) is 0. The normalized spacial score (nSPS) is 12.0. The van der Waals surface area contributed by atoms with Crippen molar-refractivity contribution in [2.45, 2.75) is 125 Å². The fourth-order valence-electron chi connectivity index (χ4n) is 4.26. The van der Waals surface area contributed by atoms with E-state index >= 15 is 0 Å². The zero-order chi connectivity index (χ0) is 36.4. The maximum Gasteiger partial charge on any atom is 0.416 e. The molecule has 0 saturated heterocycles. The van der Waals surface area contributed by atoms with Crippen molar-refractivity contribution < 1.29 is 13.2 Å². The quantitative estimate of drug-likeness (QED) is 0.175. The molecule has 0 heterocycles. The van der Waals surface area contributed by atoms with E-state index < -0.39 is 11.7 Å². The lowest BCUT2D eigenvalue weighted by atomic mass is 9.86. The van der Waals surface area contributed by atoms with Gasteiger partial charge in [-0.15, -0.1) is 0 Å². The molecule has 4 aromatic carbocycles. The van der Waals surface area contributed by atoms with Gasteiger partial charge < -0.3 is 0 Å². The van der Waals surface area contributed by atoms with E-state index in [0.717, 1.165) is 16.7 Å². The molecule has 0 radical (unpaired) electrons. The largest absolute Gasteiger partial charge is 0.416 e. The van der Waals surface area contributed by atoms with Crippen LogP contribution in [0, 0.1) is 13.8 Å². The zero-order valence-corrected chi connectivity index (χ0v) is 32.0. The van der Waals surface area contributed by atoms with Crippen molar-refractivity contribution in [1.82, 2.24) is 0 Å². The first-order valence-electron chi connectivity index (χ1n) is 16.3. The highest BCUT2D eigenvalue weighted by Gasteiger charge is 2.31. The van der Waals surface area contributed by atoms with Gasteiger partial charge in [-0.05, 0) is 75.5 Å². The molecule has 0 nitrogen and oxygen atoms in total. The molecule has 0 aliphatic rings. The van der Waals surface area contributed by atoms with Crippen molar-refractivity contribution in [3.8, 4) is 0 Å². The van der Waals surface area contributed by atoms with Crippen molar-refractivity contribution in [2.24, 2.45) is 0 Å². The second kappa shape index (κ2) is 16.9. The zero-order valence-electron chi connectivity index (χ0n) is 31.2. The molecular weight excluding hydrogens is 609 g/mol. The molecule has 0 aliphatic carbocycles. The molecule has 0 spiro atoms. The maximum atomic E-state index is 12.4.